The number of thioether (sulfide) groups is 2. The second-order valence-corrected chi connectivity index (χ2v) is 9.25. The smallest absolute Gasteiger partial charge is 0.216 e. The third kappa shape index (κ3) is 5.00. The van der Waals surface area contributed by atoms with E-state index in [4.69, 9.17) is 0 Å². The standard InChI is InChI=1S/C28H19FO2S2/c1-3-27(30)32-20-12-9-18(10-13-20)21-14-15-22(24-8-6-5-7-23(21)24)19-11-16-26(25(29)17-19)33-28(31)4-2/h3-17H,1-2H2. The maximum Gasteiger partial charge on any atom is 0.216 e. The van der Waals surface area contributed by atoms with Crippen molar-refractivity contribution in [2.75, 3.05) is 0 Å². The number of rotatable bonds is 6. The van der Waals surface area contributed by atoms with E-state index in [1.165, 1.54) is 18.2 Å². The highest BCUT2D eigenvalue weighted by molar-refractivity contribution is 8.14. The first-order valence-corrected chi connectivity index (χ1v) is 11.7. The van der Waals surface area contributed by atoms with Crippen LogP contribution in [0.1, 0.15) is 0 Å². The molecule has 0 saturated carbocycles. The Morgan fingerprint density at radius 1 is 0.697 bits per heavy atom. The van der Waals surface area contributed by atoms with E-state index in [0.717, 1.165) is 61.4 Å². The molecule has 2 nitrogen and oxygen atoms in total. The molecule has 4 aromatic rings. The van der Waals surface area contributed by atoms with Crippen molar-refractivity contribution in [2.45, 2.75) is 9.79 Å². The van der Waals surface area contributed by atoms with Gasteiger partial charge in [-0.2, -0.15) is 0 Å². The van der Waals surface area contributed by atoms with Crippen LogP contribution in [0.25, 0.3) is 33.0 Å². The third-order valence-corrected chi connectivity index (χ3v) is 6.89. The molecule has 0 heterocycles. The second kappa shape index (κ2) is 10.0. The Kier molecular flexibility index (Phi) is 6.92. The van der Waals surface area contributed by atoms with Crippen LogP contribution < -0.4 is 0 Å². The van der Waals surface area contributed by atoms with Crippen LogP contribution in [0.5, 0.6) is 0 Å². The number of halogens is 1. The van der Waals surface area contributed by atoms with E-state index in [1.807, 2.05) is 66.7 Å². The van der Waals surface area contributed by atoms with E-state index in [9.17, 15) is 14.0 Å². The molecule has 0 atom stereocenters. The summed E-state index contributed by atoms with van der Waals surface area (Å²) >= 11 is 1.96. The van der Waals surface area contributed by atoms with Crippen molar-refractivity contribution in [3.05, 3.63) is 110 Å². The first kappa shape index (κ1) is 22.8. The Balaban J connectivity index is 1.74. The fourth-order valence-corrected chi connectivity index (χ4v) is 4.74. The van der Waals surface area contributed by atoms with E-state index in [0.29, 0.717) is 0 Å². The van der Waals surface area contributed by atoms with Gasteiger partial charge in [-0.05, 0) is 93.0 Å². The van der Waals surface area contributed by atoms with Gasteiger partial charge in [0.1, 0.15) is 5.82 Å². The molecular weight excluding hydrogens is 451 g/mol. The average molecular weight is 471 g/mol. The minimum atomic E-state index is -0.442. The molecule has 0 spiro atoms. The number of hydrogen-bond acceptors (Lipinski definition) is 4. The molecule has 0 aliphatic heterocycles. The summed E-state index contributed by atoms with van der Waals surface area (Å²) in [6.07, 6.45) is 2.48. The van der Waals surface area contributed by atoms with Gasteiger partial charge in [0.15, 0.2) is 0 Å². The first-order valence-electron chi connectivity index (χ1n) is 10.1. The summed E-state index contributed by atoms with van der Waals surface area (Å²) in [5.74, 6) is -0.442. The molecule has 0 fully saturated rings. The van der Waals surface area contributed by atoms with Crippen LogP contribution in [-0.4, -0.2) is 10.2 Å². The monoisotopic (exact) mass is 470 g/mol. The molecule has 0 unspecified atom stereocenters. The number of carbonyl (C=O) groups excluding carboxylic acids is 2. The fraction of sp³-hybridized carbons (Fsp3) is 0. The lowest BCUT2D eigenvalue weighted by atomic mass is 9.92. The van der Waals surface area contributed by atoms with Gasteiger partial charge < -0.3 is 0 Å². The number of hydrogen-bond donors (Lipinski definition) is 0. The quantitative estimate of drug-likeness (QED) is 0.212. The molecule has 0 aromatic heterocycles. The number of carbonyl (C=O) groups is 2. The minimum Gasteiger partial charge on any atom is -0.282 e. The van der Waals surface area contributed by atoms with Crippen molar-refractivity contribution in [3.63, 3.8) is 0 Å². The molecule has 4 rings (SSSR count). The second-order valence-electron chi connectivity index (χ2n) is 7.13. The summed E-state index contributed by atoms with van der Waals surface area (Å²) in [6.45, 7) is 6.93. The zero-order valence-corrected chi connectivity index (χ0v) is 19.2. The Hall–Kier alpha value is -3.41. The number of benzene rings is 4. The zero-order chi connectivity index (χ0) is 23.4. The van der Waals surface area contributed by atoms with Crippen LogP contribution in [0.15, 0.2) is 114 Å². The van der Waals surface area contributed by atoms with Gasteiger partial charge >= 0.3 is 0 Å². The first-order chi connectivity index (χ1) is 16.0. The normalized spacial score (nSPS) is 10.7. The predicted molar refractivity (Wildman–Crippen MR) is 137 cm³/mol. The van der Waals surface area contributed by atoms with Gasteiger partial charge in [-0.15, -0.1) is 0 Å². The molecule has 0 radical (unpaired) electrons. The van der Waals surface area contributed by atoms with Crippen LogP contribution in [0.3, 0.4) is 0 Å². The number of fused-ring (bicyclic) bond motifs is 1. The zero-order valence-electron chi connectivity index (χ0n) is 17.6. The molecule has 4 aromatic carbocycles. The van der Waals surface area contributed by atoms with E-state index < -0.39 is 5.82 Å². The molecule has 0 aliphatic rings. The van der Waals surface area contributed by atoms with Gasteiger partial charge in [0.25, 0.3) is 0 Å². The molecule has 0 bridgehead atoms. The molecule has 0 N–H and O–H groups in total. The van der Waals surface area contributed by atoms with Crippen molar-refractivity contribution in [1.29, 1.82) is 0 Å². The Morgan fingerprint density at radius 2 is 1.24 bits per heavy atom. The van der Waals surface area contributed by atoms with Crippen LogP contribution in [0, 0.1) is 5.82 Å². The van der Waals surface area contributed by atoms with E-state index in [1.54, 1.807) is 6.07 Å². The summed E-state index contributed by atoms with van der Waals surface area (Å²) < 4.78 is 14.7. The highest BCUT2D eigenvalue weighted by atomic mass is 32.2. The highest BCUT2D eigenvalue weighted by Gasteiger charge is 2.13. The van der Waals surface area contributed by atoms with Gasteiger partial charge in [0.05, 0.1) is 4.90 Å². The lowest BCUT2D eigenvalue weighted by molar-refractivity contribution is -0.107. The van der Waals surface area contributed by atoms with Crippen molar-refractivity contribution in [1.82, 2.24) is 0 Å². The maximum atomic E-state index is 14.7. The molecular formula is C28H19FO2S2. The fourth-order valence-electron chi connectivity index (χ4n) is 3.56. The van der Waals surface area contributed by atoms with Crippen molar-refractivity contribution < 1.29 is 14.0 Å². The van der Waals surface area contributed by atoms with Gasteiger partial charge in [-0.1, -0.05) is 67.8 Å². The molecule has 0 amide bonds. The summed E-state index contributed by atoms with van der Waals surface area (Å²) in [4.78, 5) is 24.3. The summed E-state index contributed by atoms with van der Waals surface area (Å²) in [5, 5.41) is 1.65. The van der Waals surface area contributed by atoms with Crippen LogP contribution >= 0.6 is 23.5 Å². The van der Waals surface area contributed by atoms with E-state index in [-0.39, 0.29) is 15.1 Å². The molecule has 33 heavy (non-hydrogen) atoms. The van der Waals surface area contributed by atoms with Gasteiger partial charge in [-0.3, -0.25) is 9.59 Å². The SMILES string of the molecule is C=CC(=O)Sc1ccc(-c2ccc(-c3ccc(SC(=O)C=C)c(F)c3)c3ccccc23)cc1. The van der Waals surface area contributed by atoms with Crippen LogP contribution in [0.4, 0.5) is 4.39 Å². The molecule has 162 valence electrons. The Bertz CT molecular complexity index is 1390. The summed E-state index contributed by atoms with van der Waals surface area (Å²) in [5.41, 5.74) is 3.71. The van der Waals surface area contributed by atoms with Gasteiger partial charge in [0, 0.05) is 4.90 Å². The highest BCUT2D eigenvalue weighted by Crippen LogP contribution is 2.37. The summed E-state index contributed by atoms with van der Waals surface area (Å²) in [6, 6.07) is 24.7. The lowest BCUT2D eigenvalue weighted by Crippen LogP contribution is -1.90. The summed E-state index contributed by atoms with van der Waals surface area (Å²) in [7, 11) is 0. The van der Waals surface area contributed by atoms with Crippen LogP contribution in [0.2, 0.25) is 0 Å². The maximum absolute atomic E-state index is 14.7. The van der Waals surface area contributed by atoms with E-state index in [2.05, 4.69) is 13.2 Å². The molecule has 5 heteroatoms. The average Bonchev–Trinajstić information content (AvgIpc) is 2.85. The topological polar surface area (TPSA) is 34.1 Å². The van der Waals surface area contributed by atoms with E-state index >= 15 is 0 Å². The lowest BCUT2D eigenvalue weighted by Gasteiger charge is -2.13. The van der Waals surface area contributed by atoms with Gasteiger partial charge in [-0.25, -0.2) is 4.39 Å². The molecule has 0 saturated heterocycles. The third-order valence-electron chi connectivity index (χ3n) is 5.09. The van der Waals surface area contributed by atoms with Crippen molar-refractivity contribution >= 4 is 44.5 Å². The van der Waals surface area contributed by atoms with Crippen LogP contribution in [-0.2, 0) is 9.59 Å². The molecule has 0 aliphatic carbocycles. The Morgan fingerprint density at radius 3 is 1.82 bits per heavy atom. The van der Waals surface area contributed by atoms with Crippen molar-refractivity contribution in [2.24, 2.45) is 0 Å². The van der Waals surface area contributed by atoms with Gasteiger partial charge in [0.2, 0.25) is 10.2 Å². The predicted octanol–water partition coefficient (Wildman–Crippen LogP) is 7.92. The largest absolute Gasteiger partial charge is 0.282 e. The Labute approximate surface area is 200 Å². The minimum absolute atomic E-state index is 0.0944. The van der Waals surface area contributed by atoms with Crippen molar-refractivity contribution in [3.8, 4) is 22.3 Å².